The standard InChI is InChI=1S/C18H26O2/c1-7-12(4)17(19)20-10-16-8-15-9-18(16,11(2)3)14(6)13(15)5/h7,15-16H,2,8-10H2,1,3-6H3/b12-7+/t15?,16-,18-/m1/s1. The fourth-order valence-corrected chi connectivity index (χ4v) is 4.09. The minimum Gasteiger partial charge on any atom is -0.462 e. The molecule has 0 aromatic rings. The summed E-state index contributed by atoms with van der Waals surface area (Å²) in [6.07, 6.45) is 4.08. The highest BCUT2D eigenvalue weighted by atomic mass is 16.5. The Hall–Kier alpha value is -1.31. The third kappa shape index (κ3) is 2.06. The topological polar surface area (TPSA) is 26.3 Å². The molecule has 0 N–H and O–H groups in total. The highest BCUT2D eigenvalue weighted by Gasteiger charge is 2.54. The Bertz CT molecular complexity index is 510. The third-order valence-electron chi connectivity index (χ3n) is 5.64. The van der Waals surface area contributed by atoms with Gasteiger partial charge < -0.3 is 4.74 Å². The number of carbonyl (C=O) groups excluding carboxylic acids is 1. The number of hydrogen-bond acceptors (Lipinski definition) is 2. The lowest BCUT2D eigenvalue weighted by molar-refractivity contribution is -0.141. The van der Waals surface area contributed by atoms with Gasteiger partial charge in [-0.1, -0.05) is 29.4 Å². The summed E-state index contributed by atoms with van der Waals surface area (Å²) in [4.78, 5) is 11.8. The number of hydrogen-bond donors (Lipinski definition) is 0. The van der Waals surface area contributed by atoms with Crippen LogP contribution in [0.1, 0.15) is 47.5 Å². The molecule has 0 aromatic heterocycles. The molecule has 2 aliphatic carbocycles. The molecular weight excluding hydrogens is 248 g/mol. The first kappa shape index (κ1) is 15.1. The van der Waals surface area contributed by atoms with Crippen molar-refractivity contribution in [3.05, 3.63) is 34.9 Å². The van der Waals surface area contributed by atoms with Crippen LogP contribution in [-0.2, 0) is 9.53 Å². The molecule has 3 atom stereocenters. The summed E-state index contributed by atoms with van der Waals surface area (Å²) in [5, 5.41) is 0. The van der Waals surface area contributed by atoms with Gasteiger partial charge in [-0.3, -0.25) is 0 Å². The zero-order valence-corrected chi connectivity index (χ0v) is 13.4. The molecule has 0 aliphatic heterocycles. The normalized spacial score (nSPS) is 32.8. The minimum absolute atomic E-state index is 0.0683. The van der Waals surface area contributed by atoms with Gasteiger partial charge in [-0.25, -0.2) is 4.79 Å². The quantitative estimate of drug-likeness (QED) is 0.430. The lowest BCUT2D eigenvalue weighted by Gasteiger charge is -2.37. The second kappa shape index (κ2) is 5.23. The van der Waals surface area contributed by atoms with Gasteiger partial charge >= 0.3 is 5.97 Å². The highest BCUT2D eigenvalue weighted by Crippen LogP contribution is 2.63. The number of fused-ring (bicyclic) bond motifs is 2. The SMILES string of the molecule is C=C(C)[C@@]12CC(C[C@@H]1COC(=O)/C(C)=C/C)C(C)=C2C. The van der Waals surface area contributed by atoms with Crippen molar-refractivity contribution in [2.24, 2.45) is 17.3 Å². The highest BCUT2D eigenvalue weighted by molar-refractivity contribution is 5.87. The number of rotatable bonds is 4. The van der Waals surface area contributed by atoms with E-state index in [1.165, 1.54) is 16.7 Å². The lowest BCUT2D eigenvalue weighted by Crippen LogP contribution is -2.32. The first-order valence-electron chi connectivity index (χ1n) is 7.48. The van der Waals surface area contributed by atoms with Gasteiger partial charge in [0.1, 0.15) is 0 Å². The van der Waals surface area contributed by atoms with Crippen molar-refractivity contribution in [1.29, 1.82) is 0 Å². The monoisotopic (exact) mass is 274 g/mol. The van der Waals surface area contributed by atoms with Crippen LogP contribution in [0.2, 0.25) is 0 Å². The smallest absolute Gasteiger partial charge is 0.333 e. The Morgan fingerprint density at radius 3 is 2.60 bits per heavy atom. The van der Waals surface area contributed by atoms with Crippen molar-refractivity contribution < 1.29 is 9.53 Å². The molecule has 1 saturated carbocycles. The van der Waals surface area contributed by atoms with Gasteiger partial charge in [-0.2, -0.15) is 0 Å². The Balaban J connectivity index is 2.15. The van der Waals surface area contributed by atoms with Gasteiger partial charge in [0.05, 0.1) is 6.61 Å². The van der Waals surface area contributed by atoms with Crippen LogP contribution >= 0.6 is 0 Å². The largest absolute Gasteiger partial charge is 0.462 e. The summed E-state index contributed by atoms with van der Waals surface area (Å²) in [6.45, 7) is 15.0. The van der Waals surface area contributed by atoms with E-state index >= 15 is 0 Å². The van der Waals surface area contributed by atoms with E-state index in [9.17, 15) is 4.79 Å². The zero-order chi connectivity index (χ0) is 15.1. The summed E-state index contributed by atoms with van der Waals surface area (Å²) < 4.78 is 5.52. The van der Waals surface area contributed by atoms with E-state index in [-0.39, 0.29) is 11.4 Å². The molecule has 0 amide bonds. The van der Waals surface area contributed by atoms with Crippen LogP contribution in [-0.4, -0.2) is 12.6 Å². The molecule has 0 saturated heterocycles. The second-order valence-corrected chi connectivity index (χ2v) is 6.46. The van der Waals surface area contributed by atoms with Crippen molar-refractivity contribution in [3.8, 4) is 0 Å². The Kier molecular flexibility index (Phi) is 3.95. The predicted octanol–water partition coefficient (Wildman–Crippen LogP) is 4.43. The Labute approximate surface area is 122 Å². The van der Waals surface area contributed by atoms with Crippen molar-refractivity contribution in [2.45, 2.75) is 47.5 Å². The van der Waals surface area contributed by atoms with Crippen molar-refractivity contribution in [3.63, 3.8) is 0 Å². The van der Waals surface area contributed by atoms with E-state index in [0.29, 0.717) is 24.0 Å². The molecular formula is C18H26O2. The lowest BCUT2D eigenvalue weighted by atomic mass is 9.68. The minimum atomic E-state index is -0.189. The van der Waals surface area contributed by atoms with Gasteiger partial charge in [-0.05, 0) is 53.4 Å². The average Bonchev–Trinajstić information content (AvgIpc) is 2.92. The molecule has 0 aromatic carbocycles. The van der Waals surface area contributed by atoms with Gasteiger partial charge in [0, 0.05) is 16.9 Å². The molecule has 2 nitrogen and oxygen atoms in total. The van der Waals surface area contributed by atoms with Crippen LogP contribution in [0.25, 0.3) is 0 Å². The van der Waals surface area contributed by atoms with Gasteiger partial charge in [0.25, 0.3) is 0 Å². The number of esters is 1. The summed E-state index contributed by atoms with van der Waals surface area (Å²) in [7, 11) is 0. The maximum Gasteiger partial charge on any atom is 0.333 e. The van der Waals surface area contributed by atoms with Crippen LogP contribution in [0.3, 0.4) is 0 Å². The maximum atomic E-state index is 11.8. The van der Waals surface area contributed by atoms with E-state index in [1.54, 1.807) is 13.0 Å². The van der Waals surface area contributed by atoms with Crippen molar-refractivity contribution in [1.82, 2.24) is 0 Å². The molecule has 0 spiro atoms. The van der Waals surface area contributed by atoms with Gasteiger partial charge in [-0.15, -0.1) is 0 Å². The predicted molar refractivity (Wildman–Crippen MR) is 82.2 cm³/mol. The Morgan fingerprint density at radius 1 is 1.45 bits per heavy atom. The zero-order valence-electron chi connectivity index (χ0n) is 13.4. The fourth-order valence-electron chi connectivity index (χ4n) is 4.09. The van der Waals surface area contributed by atoms with Crippen LogP contribution in [0.4, 0.5) is 0 Å². The van der Waals surface area contributed by atoms with E-state index in [4.69, 9.17) is 4.74 Å². The Morgan fingerprint density at radius 2 is 2.10 bits per heavy atom. The second-order valence-electron chi connectivity index (χ2n) is 6.46. The molecule has 2 rings (SSSR count). The number of allylic oxidation sites excluding steroid dienone is 4. The number of carbonyl (C=O) groups is 1. The van der Waals surface area contributed by atoms with Crippen molar-refractivity contribution >= 4 is 5.97 Å². The van der Waals surface area contributed by atoms with Crippen LogP contribution in [0, 0.1) is 17.3 Å². The molecule has 2 heteroatoms. The van der Waals surface area contributed by atoms with Crippen LogP contribution in [0.5, 0.6) is 0 Å². The molecule has 110 valence electrons. The summed E-state index contributed by atoms with van der Waals surface area (Å²) in [5.41, 5.74) is 4.96. The molecule has 2 bridgehead atoms. The average molecular weight is 274 g/mol. The molecule has 2 aliphatic rings. The van der Waals surface area contributed by atoms with E-state index < -0.39 is 0 Å². The molecule has 0 radical (unpaired) electrons. The fraction of sp³-hybridized carbons (Fsp3) is 0.611. The summed E-state index contributed by atoms with van der Waals surface area (Å²) in [6, 6.07) is 0. The van der Waals surface area contributed by atoms with E-state index in [1.807, 2.05) is 6.92 Å². The summed E-state index contributed by atoms with van der Waals surface area (Å²) >= 11 is 0. The molecule has 20 heavy (non-hydrogen) atoms. The maximum absolute atomic E-state index is 11.8. The molecule has 1 fully saturated rings. The molecule has 1 unspecified atom stereocenters. The van der Waals surface area contributed by atoms with Gasteiger partial charge in [0.2, 0.25) is 0 Å². The first-order chi connectivity index (χ1) is 9.34. The van der Waals surface area contributed by atoms with E-state index in [0.717, 1.165) is 12.8 Å². The number of ether oxygens (including phenoxy) is 1. The van der Waals surface area contributed by atoms with Crippen LogP contribution in [0.15, 0.2) is 34.9 Å². The van der Waals surface area contributed by atoms with Gasteiger partial charge in [0.15, 0.2) is 0 Å². The van der Waals surface area contributed by atoms with Crippen LogP contribution < -0.4 is 0 Å². The third-order valence-corrected chi connectivity index (χ3v) is 5.64. The van der Waals surface area contributed by atoms with E-state index in [2.05, 4.69) is 27.4 Å². The first-order valence-corrected chi connectivity index (χ1v) is 7.48. The van der Waals surface area contributed by atoms with Crippen molar-refractivity contribution in [2.75, 3.05) is 6.61 Å². The summed E-state index contributed by atoms with van der Waals surface area (Å²) in [5.74, 6) is 0.853. The molecule has 0 heterocycles.